The fourth-order valence-electron chi connectivity index (χ4n) is 10.0. The highest BCUT2D eigenvalue weighted by Crippen LogP contribution is 2.37. The van der Waals surface area contributed by atoms with Crippen LogP contribution in [0.3, 0.4) is 0 Å². The molecule has 0 atom stereocenters. The first-order chi connectivity index (χ1) is 43.5. The maximum Gasteiger partial charge on any atom is 0.416 e. The van der Waals surface area contributed by atoms with Crippen LogP contribution >= 0.6 is 11.3 Å². The van der Waals surface area contributed by atoms with Crippen LogP contribution in [0.1, 0.15) is 33.4 Å². The molecule has 0 amide bonds. The highest BCUT2D eigenvalue weighted by Gasteiger charge is 2.32. The molecule has 0 aliphatic rings. The molecule has 0 saturated heterocycles. The SMILES string of the molecule is Cc1cc(-c2ccccn2)cc(C(F)(F)F)c1.Cc1cc(C(F)(F)F)ccc1-c1ccccn1.Cc1ccccc1-c1sc2ccccc2[n+]1C.Cc1ccccc1-n1cc2ccccc2[n+]1C.Fc1c(F)c(F)c(-c2cccc(-c3ccccc3)c2)c(F)c1F. The topological polar surface area (TPSA) is 38.5 Å². The normalized spacial score (nSPS) is 11.1. The standard InChI is InChI=1S/C18H9F5.C15H15N2.C15H14NS.2C13H10F3N/c19-14-13(15(20)17(22)18(23)16(14)21)12-8-4-7-11(9-12)10-5-2-1-3-6-10;1-12-7-3-5-9-14(12)17-11-13-8-4-6-10-15(13)16(17)2;1-11-7-3-4-8-12(11)15-16(2)13-9-5-6-10-14(13)17-15;1-9-8-10(13(14,15)16)5-6-11(9)12-4-2-3-7-17-12;1-9-6-10(12-4-2-3-5-17-12)8-11(7-9)13(14,15)16/h1-9H;3-11H,1-2H3;3-10H,1-2H3;2*2-8H,1H3/q;2*+1;;. The highest BCUT2D eigenvalue weighted by atomic mass is 32.1. The summed E-state index contributed by atoms with van der Waals surface area (Å²) in [5.41, 5.74) is 10.4. The average molecular weight is 1260 g/mol. The lowest BCUT2D eigenvalue weighted by Crippen LogP contribution is -2.38. The van der Waals surface area contributed by atoms with Crippen molar-refractivity contribution in [1.82, 2.24) is 14.6 Å². The second-order valence-corrected chi connectivity index (χ2v) is 22.1. The summed E-state index contributed by atoms with van der Waals surface area (Å²) >= 11 is 1.85. The number of fused-ring (bicyclic) bond motifs is 2. The van der Waals surface area contributed by atoms with Gasteiger partial charge in [0, 0.05) is 35.7 Å². The number of hydrogen-bond acceptors (Lipinski definition) is 3. The lowest BCUT2D eigenvalue weighted by atomic mass is 9.98. The fraction of sp³-hybridized carbons (Fsp3) is 0.108. The smallest absolute Gasteiger partial charge is 0.256 e. The molecule has 0 saturated carbocycles. The third-order valence-corrected chi connectivity index (χ3v) is 15.9. The molecule has 0 unspecified atom stereocenters. The summed E-state index contributed by atoms with van der Waals surface area (Å²) in [6, 6.07) is 66.9. The fourth-order valence-corrected chi connectivity index (χ4v) is 11.3. The number of para-hydroxylation sites is 3. The lowest BCUT2D eigenvalue weighted by Gasteiger charge is -2.10. The molecule has 13 rings (SSSR count). The summed E-state index contributed by atoms with van der Waals surface area (Å²) in [4.78, 5) is 8.17. The number of halogens is 11. The minimum atomic E-state index is -4.32. The highest BCUT2D eigenvalue weighted by molar-refractivity contribution is 7.21. The van der Waals surface area contributed by atoms with E-state index in [4.69, 9.17) is 0 Å². The summed E-state index contributed by atoms with van der Waals surface area (Å²) in [6.07, 6.45) is -3.27. The van der Waals surface area contributed by atoms with Gasteiger partial charge in [-0.1, -0.05) is 139 Å². The van der Waals surface area contributed by atoms with Crippen molar-refractivity contribution in [2.45, 2.75) is 40.0 Å². The zero-order valence-corrected chi connectivity index (χ0v) is 50.7. The predicted molar refractivity (Wildman–Crippen MR) is 338 cm³/mol. The maximum atomic E-state index is 13.9. The second-order valence-electron chi connectivity index (χ2n) is 21.0. The quantitative estimate of drug-likeness (QED) is 0.0720. The molecule has 0 bridgehead atoms. The molecule has 9 aromatic carbocycles. The van der Waals surface area contributed by atoms with E-state index in [0.29, 0.717) is 33.6 Å². The first kappa shape index (κ1) is 65.3. The number of rotatable bonds is 6. The van der Waals surface area contributed by atoms with E-state index in [2.05, 4.69) is 155 Å². The molecular formula is C74H58F11N5S+2. The molecule has 17 heteroatoms. The molecule has 0 spiro atoms. The van der Waals surface area contributed by atoms with Gasteiger partial charge in [0.1, 0.15) is 17.4 Å². The molecule has 4 heterocycles. The minimum absolute atomic E-state index is 0.0841. The lowest BCUT2D eigenvalue weighted by molar-refractivity contribution is -0.720. The molecule has 0 fully saturated rings. The van der Waals surface area contributed by atoms with E-state index < -0.39 is 58.1 Å². The van der Waals surface area contributed by atoms with Gasteiger partial charge in [-0.15, -0.1) is 9.36 Å². The van der Waals surface area contributed by atoms with Gasteiger partial charge in [0.05, 0.1) is 45.2 Å². The monoisotopic (exact) mass is 1260 g/mol. The van der Waals surface area contributed by atoms with Gasteiger partial charge in [-0.05, 0) is 152 Å². The molecule has 91 heavy (non-hydrogen) atoms. The Morgan fingerprint density at radius 3 is 1.56 bits per heavy atom. The van der Waals surface area contributed by atoms with Crippen molar-refractivity contribution in [2.24, 2.45) is 14.1 Å². The first-order valence-corrected chi connectivity index (χ1v) is 29.1. The number of aromatic nitrogens is 5. The van der Waals surface area contributed by atoms with Gasteiger partial charge >= 0.3 is 12.4 Å². The van der Waals surface area contributed by atoms with E-state index in [9.17, 15) is 48.3 Å². The van der Waals surface area contributed by atoms with Gasteiger partial charge in [-0.25, -0.2) is 22.0 Å². The van der Waals surface area contributed by atoms with Crippen LogP contribution < -0.4 is 9.25 Å². The van der Waals surface area contributed by atoms with Gasteiger partial charge in [-0.3, -0.25) is 9.97 Å². The number of nitrogens with zero attached hydrogens (tertiary/aromatic N) is 5. The Hall–Kier alpha value is -10.1. The van der Waals surface area contributed by atoms with Crippen LogP contribution in [-0.2, 0) is 26.4 Å². The molecule has 460 valence electrons. The molecule has 4 aromatic heterocycles. The Balaban J connectivity index is 0.000000135. The van der Waals surface area contributed by atoms with Gasteiger partial charge in [0.2, 0.25) is 16.9 Å². The van der Waals surface area contributed by atoms with E-state index in [1.165, 1.54) is 72.8 Å². The van der Waals surface area contributed by atoms with Crippen molar-refractivity contribution < 1.29 is 57.5 Å². The van der Waals surface area contributed by atoms with Crippen molar-refractivity contribution >= 4 is 32.5 Å². The summed E-state index contributed by atoms with van der Waals surface area (Å²) < 4.78 is 151. The largest absolute Gasteiger partial charge is 0.416 e. The van der Waals surface area contributed by atoms with Crippen LogP contribution in [-0.4, -0.2) is 14.6 Å². The molecule has 0 aliphatic carbocycles. The van der Waals surface area contributed by atoms with Crippen molar-refractivity contribution in [3.8, 4) is 61.0 Å². The van der Waals surface area contributed by atoms with Crippen molar-refractivity contribution in [2.75, 3.05) is 0 Å². The summed E-state index contributed by atoms with van der Waals surface area (Å²) in [6.45, 7) is 7.60. The molecule has 13 aromatic rings. The van der Waals surface area contributed by atoms with Crippen LogP contribution in [0.5, 0.6) is 0 Å². The van der Waals surface area contributed by atoms with Crippen molar-refractivity contribution in [3.05, 3.63) is 306 Å². The Bertz CT molecular complexity index is 4490. The molecule has 5 nitrogen and oxygen atoms in total. The molecule has 0 aliphatic heterocycles. The Labute approximate surface area is 522 Å². The third-order valence-electron chi connectivity index (χ3n) is 14.7. The maximum absolute atomic E-state index is 13.9. The van der Waals surface area contributed by atoms with Crippen LogP contribution in [0.4, 0.5) is 48.3 Å². The zero-order valence-electron chi connectivity index (χ0n) is 49.9. The number of benzene rings is 9. The van der Waals surface area contributed by atoms with E-state index in [1.807, 2.05) is 11.3 Å². The van der Waals surface area contributed by atoms with Crippen LogP contribution in [0.25, 0.3) is 82.1 Å². The average Bonchev–Trinajstić information content (AvgIpc) is 1.47. The van der Waals surface area contributed by atoms with E-state index in [-0.39, 0.29) is 5.56 Å². The number of aryl methyl sites for hydroxylation is 6. The predicted octanol–water partition coefficient (Wildman–Crippen LogP) is 20.3. The van der Waals surface area contributed by atoms with Crippen molar-refractivity contribution in [1.29, 1.82) is 0 Å². The Kier molecular flexibility index (Phi) is 20.5. The third kappa shape index (κ3) is 15.5. The molecule has 0 radical (unpaired) electrons. The number of pyridine rings is 2. The Morgan fingerprint density at radius 1 is 0.407 bits per heavy atom. The van der Waals surface area contributed by atoms with Gasteiger partial charge in [0.15, 0.2) is 30.3 Å². The minimum Gasteiger partial charge on any atom is -0.256 e. The number of hydrogen-bond donors (Lipinski definition) is 0. The van der Waals surface area contributed by atoms with Crippen LogP contribution in [0, 0.1) is 56.8 Å². The second kappa shape index (κ2) is 28.6. The summed E-state index contributed by atoms with van der Waals surface area (Å²) in [5.74, 6) is -9.76. The van der Waals surface area contributed by atoms with Gasteiger partial charge in [0.25, 0.3) is 5.01 Å². The molecule has 0 N–H and O–H groups in total. The van der Waals surface area contributed by atoms with E-state index in [0.717, 1.165) is 35.4 Å². The van der Waals surface area contributed by atoms with Gasteiger partial charge < -0.3 is 0 Å². The van der Waals surface area contributed by atoms with Crippen LogP contribution in [0.2, 0.25) is 0 Å². The zero-order chi connectivity index (χ0) is 65.1. The number of thiazole rings is 1. The van der Waals surface area contributed by atoms with Crippen LogP contribution in [0.15, 0.2) is 243 Å². The molecular weight excluding hydrogens is 1200 g/mol. The van der Waals surface area contributed by atoms with Gasteiger partial charge in [-0.2, -0.15) is 30.9 Å². The number of alkyl halides is 6. The summed E-state index contributed by atoms with van der Waals surface area (Å²) in [5, 5.41) is 2.59. The first-order valence-electron chi connectivity index (χ1n) is 28.3. The Morgan fingerprint density at radius 2 is 0.956 bits per heavy atom. The van der Waals surface area contributed by atoms with E-state index >= 15 is 0 Å². The van der Waals surface area contributed by atoms with Crippen molar-refractivity contribution in [3.63, 3.8) is 0 Å². The van der Waals surface area contributed by atoms with E-state index in [1.54, 1.807) is 105 Å². The summed E-state index contributed by atoms with van der Waals surface area (Å²) in [7, 11) is 4.23.